The summed E-state index contributed by atoms with van der Waals surface area (Å²) in [5.41, 5.74) is 0. The van der Waals surface area contributed by atoms with E-state index in [1.165, 1.54) is 18.5 Å². The molecule has 63 valence electrons. The van der Waals surface area contributed by atoms with Gasteiger partial charge in [0.05, 0.1) is 0 Å². The van der Waals surface area contributed by atoms with Gasteiger partial charge in [0.25, 0.3) is 0 Å². The summed E-state index contributed by atoms with van der Waals surface area (Å²) < 4.78 is 0. The van der Waals surface area contributed by atoms with E-state index in [4.69, 9.17) is 0 Å². The summed E-state index contributed by atoms with van der Waals surface area (Å²) in [7, 11) is 0. The average molecular weight is 396 g/mol. The fraction of sp³-hybridized carbons (Fsp3) is 1.00. The summed E-state index contributed by atoms with van der Waals surface area (Å²) in [6, 6.07) is 0. The monoisotopic (exact) mass is 395 g/mol. The molecule has 0 fully saturated rings. The maximum atomic E-state index is 3.71. The van der Waals surface area contributed by atoms with E-state index in [0.29, 0.717) is 17.1 Å². The van der Waals surface area contributed by atoms with Gasteiger partial charge in [-0.15, -0.1) is 0 Å². The molecule has 0 saturated heterocycles. The molecule has 0 saturated carbocycles. The van der Waals surface area contributed by atoms with Gasteiger partial charge in [0, 0.05) is 0 Å². The van der Waals surface area contributed by atoms with Crippen LogP contribution in [0.1, 0.15) is 20.8 Å². The first-order chi connectivity index (χ1) is 4.24. The van der Waals surface area contributed by atoms with Crippen molar-refractivity contribution in [3.05, 3.63) is 0 Å². The van der Waals surface area contributed by atoms with Gasteiger partial charge in [0.2, 0.25) is 0 Å². The van der Waals surface area contributed by atoms with Crippen molar-refractivity contribution in [3.63, 3.8) is 0 Å². The molecule has 0 atom stereocenters. The minimum absolute atomic E-state index is 0.509. The van der Waals surface area contributed by atoms with Crippen molar-refractivity contribution in [2.45, 2.75) is 20.8 Å². The van der Waals surface area contributed by atoms with Crippen molar-refractivity contribution in [1.29, 1.82) is 0 Å². The van der Waals surface area contributed by atoms with Crippen molar-refractivity contribution in [1.82, 2.24) is 0 Å². The molecule has 0 N–H and O–H groups in total. The summed E-state index contributed by atoms with van der Waals surface area (Å²) in [6.07, 6.45) is 4.44. The van der Waals surface area contributed by atoms with Gasteiger partial charge in [-0.1, -0.05) is 0 Å². The van der Waals surface area contributed by atoms with Gasteiger partial charge < -0.3 is 0 Å². The van der Waals surface area contributed by atoms with Crippen LogP contribution in [-0.4, -0.2) is 18.5 Å². The van der Waals surface area contributed by atoms with Crippen LogP contribution in [-0.2, 0) is 17.1 Å². The molecular formula is C6H16AuBrP. The van der Waals surface area contributed by atoms with Crippen molar-refractivity contribution in [2.75, 3.05) is 18.5 Å². The maximum absolute atomic E-state index is 3.71. The summed E-state index contributed by atoms with van der Waals surface area (Å²) in [6.45, 7) is 7.07. The Morgan fingerprint density at radius 1 is 1.11 bits per heavy atom. The van der Waals surface area contributed by atoms with Crippen LogP contribution in [0.4, 0.5) is 0 Å². The number of rotatable bonds is 4. The first kappa shape index (κ1) is 10.7. The minimum atomic E-state index is -0.677. The van der Waals surface area contributed by atoms with Crippen LogP contribution in [0.5, 0.6) is 0 Å². The molecule has 0 unspecified atom stereocenters. The normalized spacial score (nSPS) is 14.2. The van der Waals surface area contributed by atoms with E-state index in [-0.39, 0.29) is 0 Å². The average Bonchev–Trinajstić information content (AvgIpc) is 1.95. The van der Waals surface area contributed by atoms with Crippen LogP contribution in [0.3, 0.4) is 0 Å². The topological polar surface area (TPSA) is 0 Å². The first-order valence-electron chi connectivity index (χ1n) is 3.45. The molecule has 0 aromatic rings. The van der Waals surface area contributed by atoms with Gasteiger partial charge >= 0.3 is 74.5 Å². The van der Waals surface area contributed by atoms with Crippen molar-refractivity contribution in [3.8, 4) is 0 Å². The van der Waals surface area contributed by atoms with Gasteiger partial charge in [-0.3, -0.25) is 0 Å². The summed E-state index contributed by atoms with van der Waals surface area (Å²) in [5.74, 6) is 0. The molecular weight excluding hydrogens is 380 g/mol. The quantitative estimate of drug-likeness (QED) is 0.507. The Bertz CT molecular complexity index is 55.9. The van der Waals surface area contributed by atoms with Gasteiger partial charge in [0.1, 0.15) is 0 Å². The van der Waals surface area contributed by atoms with Crippen molar-refractivity contribution in [2.24, 2.45) is 0 Å². The van der Waals surface area contributed by atoms with E-state index in [0.717, 1.165) is 0 Å². The third-order valence-electron chi connectivity index (χ3n) is 1.94. The third-order valence-corrected chi connectivity index (χ3v) is 27.8. The predicted molar refractivity (Wildman–Crippen MR) is 48.9 cm³/mol. The molecule has 0 aliphatic heterocycles. The van der Waals surface area contributed by atoms with Crippen LogP contribution in [0.25, 0.3) is 0 Å². The molecule has 9 heavy (non-hydrogen) atoms. The van der Waals surface area contributed by atoms with Gasteiger partial charge in [-0.25, -0.2) is 0 Å². The van der Waals surface area contributed by atoms with Gasteiger partial charge in [0.15, 0.2) is 0 Å². The zero-order chi connectivity index (χ0) is 7.33. The zero-order valence-corrected chi connectivity index (χ0v) is 11.1. The van der Waals surface area contributed by atoms with E-state index in [1.807, 2.05) is 0 Å². The van der Waals surface area contributed by atoms with Crippen molar-refractivity contribution >= 4 is 18.2 Å². The fourth-order valence-corrected chi connectivity index (χ4v) is 17.7. The predicted octanol–water partition coefficient (Wildman–Crippen LogP) is 3.10. The van der Waals surface area contributed by atoms with E-state index < -0.39 is 5.15 Å². The van der Waals surface area contributed by atoms with E-state index in [1.54, 1.807) is 0 Å². The standard InChI is InChI=1S/C6H15P.Au.BrH/c1-4-7(5-2)6-3;;/h4-6H2,1-3H3;;1H. The third kappa shape index (κ3) is 3.03. The number of hydrogen-bond acceptors (Lipinski definition) is 0. The molecule has 0 rings (SSSR count). The number of halogens is 1. The van der Waals surface area contributed by atoms with E-state index in [2.05, 4.69) is 33.8 Å². The van der Waals surface area contributed by atoms with Crippen LogP contribution in [0, 0.1) is 0 Å². The van der Waals surface area contributed by atoms with Gasteiger partial charge in [-0.05, 0) is 0 Å². The Morgan fingerprint density at radius 3 is 1.44 bits per heavy atom. The molecule has 0 aromatic carbocycles. The first-order valence-corrected chi connectivity index (χ1v) is 13.9. The van der Waals surface area contributed by atoms with Crippen molar-refractivity contribution < 1.29 is 17.1 Å². The van der Waals surface area contributed by atoms with Crippen LogP contribution in [0.2, 0.25) is 0 Å². The molecule has 0 bridgehead atoms. The molecule has 0 amide bonds. The second-order valence-electron chi connectivity index (χ2n) is 2.19. The molecule has 0 nitrogen and oxygen atoms in total. The summed E-state index contributed by atoms with van der Waals surface area (Å²) in [4.78, 5) is 0. The van der Waals surface area contributed by atoms with Gasteiger partial charge in [-0.2, -0.15) is 0 Å². The van der Waals surface area contributed by atoms with E-state index in [9.17, 15) is 0 Å². The molecule has 0 aliphatic carbocycles. The molecule has 0 aliphatic rings. The Labute approximate surface area is 74.2 Å². The van der Waals surface area contributed by atoms with Crippen LogP contribution >= 0.6 is 18.2 Å². The number of hydrogen-bond donors (Lipinski definition) is 0. The van der Waals surface area contributed by atoms with Crippen LogP contribution in [0.15, 0.2) is 0 Å². The molecule has 0 spiro atoms. The van der Waals surface area contributed by atoms with Crippen LogP contribution < -0.4 is 0 Å². The Morgan fingerprint density at radius 2 is 1.44 bits per heavy atom. The molecule has 0 radical (unpaired) electrons. The van der Waals surface area contributed by atoms with E-state index >= 15 is 0 Å². The molecule has 0 aromatic heterocycles. The molecule has 3 heteroatoms. The summed E-state index contributed by atoms with van der Waals surface area (Å²) in [5, 5.41) is -0.677. The Kier molecular flexibility index (Phi) is 6.30. The molecule has 0 heterocycles. The second-order valence-corrected chi connectivity index (χ2v) is 20.6. The zero-order valence-electron chi connectivity index (χ0n) is 6.30. The fourth-order valence-electron chi connectivity index (χ4n) is 0.871. The SMILES string of the molecule is CC[PH](CC)(CC)[Au][Br]. The second kappa shape index (κ2) is 5.32. The Balaban J connectivity index is 3.82. The Hall–Kier alpha value is 1.65. The summed E-state index contributed by atoms with van der Waals surface area (Å²) >= 11 is 4.22.